The molecular weight excluding hydrogens is 258 g/mol. The second-order valence-electron chi connectivity index (χ2n) is 6.72. The van der Waals surface area contributed by atoms with Crippen LogP contribution in [0, 0.1) is 11.3 Å². The predicted molar refractivity (Wildman–Crippen MR) is 76.2 cm³/mol. The van der Waals surface area contributed by atoms with Crippen LogP contribution in [0.2, 0.25) is 0 Å². The summed E-state index contributed by atoms with van der Waals surface area (Å²) in [4.78, 5) is 24.6. The maximum absolute atomic E-state index is 12.5. The van der Waals surface area contributed by atoms with E-state index in [2.05, 4.69) is 5.32 Å². The summed E-state index contributed by atoms with van der Waals surface area (Å²) < 4.78 is 10.6. The Bertz CT molecular complexity index is 375. The maximum atomic E-state index is 12.5. The fraction of sp³-hybridized carbons (Fsp3) is 0.867. The van der Waals surface area contributed by atoms with Crippen LogP contribution in [0.5, 0.6) is 0 Å². The molecule has 3 unspecified atom stereocenters. The van der Waals surface area contributed by atoms with Crippen LogP contribution in [0.15, 0.2) is 0 Å². The van der Waals surface area contributed by atoms with Gasteiger partial charge in [0.2, 0.25) is 5.91 Å². The summed E-state index contributed by atoms with van der Waals surface area (Å²) in [5, 5.41) is 2.99. The Morgan fingerprint density at radius 3 is 2.45 bits per heavy atom. The standard InChI is InChI=1S/C15H27NO4/c1-7-19-13(18)11(14(3,4)5)12(17)16-15(6)8-9-20-10(15)2/h10-11H,7-9H2,1-6H3,(H,16,17). The van der Waals surface area contributed by atoms with E-state index in [9.17, 15) is 9.59 Å². The summed E-state index contributed by atoms with van der Waals surface area (Å²) in [6, 6.07) is 0. The minimum Gasteiger partial charge on any atom is -0.465 e. The molecule has 1 rings (SSSR count). The first kappa shape index (κ1) is 17.0. The highest BCUT2D eigenvalue weighted by atomic mass is 16.5. The van der Waals surface area contributed by atoms with Crippen LogP contribution in [0.25, 0.3) is 0 Å². The molecule has 0 radical (unpaired) electrons. The fourth-order valence-electron chi connectivity index (χ4n) is 2.43. The summed E-state index contributed by atoms with van der Waals surface area (Å²) in [5.41, 5.74) is -0.914. The maximum Gasteiger partial charge on any atom is 0.319 e. The lowest BCUT2D eigenvalue weighted by molar-refractivity contribution is -0.157. The molecule has 0 spiro atoms. The van der Waals surface area contributed by atoms with Crippen LogP contribution in [0.3, 0.4) is 0 Å². The number of carbonyl (C=O) groups excluding carboxylic acids is 2. The first-order chi connectivity index (χ1) is 9.12. The van der Waals surface area contributed by atoms with Crippen molar-refractivity contribution in [2.45, 2.75) is 59.6 Å². The smallest absolute Gasteiger partial charge is 0.319 e. The van der Waals surface area contributed by atoms with Crippen molar-refractivity contribution >= 4 is 11.9 Å². The summed E-state index contributed by atoms with van der Waals surface area (Å²) in [6.07, 6.45) is 0.689. The first-order valence-electron chi connectivity index (χ1n) is 7.22. The summed E-state index contributed by atoms with van der Waals surface area (Å²) >= 11 is 0. The third kappa shape index (κ3) is 3.72. The molecular formula is C15H27NO4. The topological polar surface area (TPSA) is 64.6 Å². The third-order valence-electron chi connectivity index (χ3n) is 3.95. The van der Waals surface area contributed by atoms with Gasteiger partial charge in [0.05, 0.1) is 18.2 Å². The average Bonchev–Trinajstić information content (AvgIpc) is 2.56. The minimum atomic E-state index is -0.813. The normalized spacial score (nSPS) is 28.0. The molecule has 116 valence electrons. The van der Waals surface area contributed by atoms with Gasteiger partial charge in [0.15, 0.2) is 0 Å². The van der Waals surface area contributed by atoms with Crippen molar-refractivity contribution in [1.29, 1.82) is 0 Å². The van der Waals surface area contributed by atoms with E-state index >= 15 is 0 Å². The van der Waals surface area contributed by atoms with Crippen molar-refractivity contribution in [3.8, 4) is 0 Å². The van der Waals surface area contributed by atoms with Gasteiger partial charge in [-0.1, -0.05) is 20.8 Å². The number of nitrogens with one attached hydrogen (secondary N) is 1. The van der Waals surface area contributed by atoms with Crippen molar-refractivity contribution in [2.75, 3.05) is 13.2 Å². The monoisotopic (exact) mass is 285 g/mol. The number of carbonyl (C=O) groups is 2. The van der Waals surface area contributed by atoms with E-state index in [4.69, 9.17) is 9.47 Å². The molecule has 0 bridgehead atoms. The molecule has 1 aliphatic rings. The summed E-state index contributed by atoms with van der Waals surface area (Å²) in [5.74, 6) is -1.56. The Hall–Kier alpha value is -1.10. The molecule has 0 aliphatic carbocycles. The largest absolute Gasteiger partial charge is 0.465 e. The van der Waals surface area contributed by atoms with Gasteiger partial charge in [0.25, 0.3) is 0 Å². The molecule has 5 nitrogen and oxygen atoms in total. The van der Waals surface area contributed by atoms with Crippen LogP contribution in [-0.4, -0.2) is 36.7 Å². The van der Waals surface area contributed by atoms with Crippen LogP contribution in [0.1, 0.15) is 48.0 Å². The quantitative estimate of drug-likeness (QED) is 0.633. The molecule has 1 amide bonds. The number of esters is 1. The second-order valence-corrected chi connectivity index (χ2v) is 6.72. The number of ether oxygens (including phenoxy) is 2. The van der Waals surface area contributed by atoms with Gasteiger partial charge in [-0.25, -0.2) is 0 Å². The van der Waals surface area contributed by atoms with Gasteiger partial charge >= 0.3 is 5.97 Å². The molecule has 1 saturated heterocycles. The van der Waals surface area contributed by atoms with Crippen molar-refractivity contribution < 1.29 is 19.1 Å². The van der Waals surface area contributed by atoms with E-state index < -0.39 is 22.8 Å². The molecule has 1 aliphatic heterocycles. The number of rotatable bonds is 4. The van der Waals surface area contributed by atoms with Gasteiger partial charge in [-0.2, -0.15) is 0 Å². The molecule has 5 heteroatoms. The van der Waals surface area contributed by atoms with E-state index in [1.807, 2.05) is 34.6 Å². The van der Waals surface area contributed by atoms with Crippen molar-refractivity contribution in [2.24, 2.45) is 11.3 Å². The van der Waals surface area contributed by atoms with Gasteiger partial charge in [0, 0.05) is 6.61 Å². The van der Waals surface area contributed by atoms with Gasteiger partial charge in [0.1, 0.15) is 5.92 Å². The Kier molecular flexibility index (Phi) is 5.19. The van der Waals surface area contributed by atoms with Gasteiger partial charge < -0.3 is 14.8 Å². The zero-order valence-corrected chi connectivity index (χ0v) is 13.4. The van der Waals surface area contributed by atoms with E-state index in [1.165, 1.54) is 0 Å². The molecule has 3 atom stereocenters. The minimum absolute atomic E-state index is 0.0609. The molecule has 1 fully saturated rings. The van der Waals surface area contributed by atoms with Gasteiger partial charge in [-0.15, -0.1) is 0 Å². The lowest BCUT2D eigenvalue weighted by Crippen LogP contribution is -2.55. The Morgan fingerprint density at radius 2 is 2.05 bits per heavy atom. The Labute approximate surface area is 121 Å². The lowest BCUT2D eigenvalue weighted by atomic mass is 9.79. The van der Waals surface area contributed by atoms with Gasteiger partial charge in [-0.3, -0.25) is 9.59 Å². The molecule has 0 aromatic carbocycles. The van der Waals surface area contributed by atoms with Crippen LogP contribution >= 0.6 is 0 Å². The fourth-order valence-corrected chi connectivity index (χ4v) is 2.43. The molecule has 0 saturated carbocycles. The zero-order chi connectivity index (χ0) is 15.6. The van der Waals surface area contributed by atoms with E-state index in [-0.39, 0.29) is 18.6 Å². The van der Waals surface area contributed by atoms with Crippen LogP contribution in [0.4, 0.5) is 0 Å². The zero-order valence-electron chi connectivity index (χ0n) is 13.4. The molecule has 0 aromatic rings. The molecule has 20 heavy (non-hydrogen) atoms. The number of amides is 1. The lowest BCUT2D eigenvalue weighted by Gasteiger charge is -2.34. The van der Waals surface area contributed by atoms with Crippen molar-refractivity contribution in [3.05, 3.63) is 0 Å². The second kappa shape index (κ2) is 6.12. The third-order valence-corrected chi connectivity index (χ3v) is 3.95. The Balaban J connectivity index is 2.87. The van der Waals surface area contributed by atoms with Gasteiger partial charge in [-0.05, 0) is 32.6 Å². The highest BCUT2D eigenvalue weighted by Gasteiger charge is 2.44. The highest BCUT2D eigenvalue weighted by Crippen LogP contribution is 2.30. The first-order valence-corrected chi connectivity index (χ1v) is 7.22. The summed E-state index contributed by atoms with van der Waals surface area (Å²) in [7, 11) is 0. The van der Waals surface area contributed by atoms with Crippen molar-refractivity contribution in [3.63, 3.8) is 0 Å². The van der Waals surface area contributed by atoms with Crippen LogP contribution < -0.4 is 5.32 Å². The van der Waals surface area contributed by atoms with Crippen LogP contribution in [-0.2, 0) is 19.1 Å². The molecule has 1 heterocycles. The van der Waals surface area contributed by atoms with E-state index in [1.54, 1.807) is 6.92 Å². The number of hydrogen-bond donors (Lipinski definition) is 1. The SMILES string of the molecule is CCOC(=O)C(C(=O)NC1(C)CCOC1C)C(C)(C)C. The predicted octanol–water partition coefficient (Wildman–Crippen LogP) is 1.90. The van der Waals surface area contributed by atoms with E-state index in [0.29, 0.717) is 6.61 Å². The average molecular weight is 285 g/mol. The molecule has 1 N–H and O–H groups in total. The molecule has 0 aromatic heterocycles. The van der Waals surface area contributed by atoms with Crippen molar-refractivity contribution in [1.82, 2.24) is 5.32 Å². The van der Waals surface area contributed by atoms with E-state index in [0.717, 1.165) is 6.42 Å². The number of hydrogen-bond acceptors (Lipinski definition) is 4. The Morgan fingerprint density at radius 1 is 1.45 bits per heavy atom. The summed E-state index contributed by atoms with van der Waals surface area (Å²) in [6.45, 7) is 12.1. The highest BCUT2D eigenvalue weighted by molar-refractivity contribution is 5.99.